The molecule has 0 aliphatic carbocycles. The van der Waals surface area contributed by atoms with E-state index in [1.54, 1.807) is 0 Å². The summed E-state index contributed by atoms with van der Waals surface area (Å²) in [5.41, 5.74) is 7.54. The molecule has 0 saturated heterocycles. The molecule has 0 aliphatic rings. The fourth-order valence-electron chi connectivity index (χ4n) is 2.95. The van der Waals surface area contributed by atoms with Gasteiger partial charge in [0.15, 0.2) is 6.20 Å². The number of hydrogen-bond acceptors (Lipinski definition) is 0. The number of rotatable bonds is 2. The number of hydrogen-bond donors (Lipinski definition) is 0. The van der Waals surface area contributed by atoms with Crippen molar-refractivity contribution in [2.45, 2.75) is 13.8 Å². The average molecular weight is 290 g/mol. The molecule has 2 heterocycles. The van der Waals surface area contributed by atoms with Crippen LogP contribution in [0.2, 0.25) is 0 Å². The highest BCUT2D eigenvalue weighted by Gasteiger charge is 2.23. The van der Waals surface area contributed by atoms with E-state index in [-0.39, 0.29) is 0 Å². The molecule has 2 heteroatoms. The maximum Gasteiger partial charge on any atom is 0.277 e. The van der Waals surface area contributed by atoms with Crippen molar-refractivity contribution in [3.8, 4) is 22.6 Å². The maximum atomic E-state index is 2.28. The minimum atomic E-state index is 1.21. The van der Waals surface area contributed by atoms with Gasteiger partial charge in [0, 0.05) is 29.8 Å². The topological polar surface area (TPSA) is 7.76 Å². The van der Waals surface area contributed by atoms with Crippen LogP contribution < -0.4 is 9.13 Å². The Bertz CT molecular complexity index is 768. The zero-order valence-electron chi connectivity index (χ0n) is 13.7. The Morgan fingerprint density at radius 1 is 0.727 bits per heavy atom. The number of aromatic nitrogens is 2. The summed E-state index contributed by atoms with van der Waals surface area (Å²) in [5.74, 6) is 0. The second-order valence-corrected chi connectivity index (χ2v) is 5.87. The predicted molar refractivity (Wildman–Crippen MR) is 89.1 cm³/mol. The highest BCUT2D eigenvalue weighted by atomic mass is 15.0. The molecule has 2 nitrogen and oxygen atoms in total. The first-order valence-electron chi connectivity index (χ1n) is 7.59. The second-order valence-electron chi connectivity index (χ2n) is 5.87. The van der Waals surface area contributed by atoms with E-state index in [1.165, 1.54) is 33.8 Å². The van der Waals surface area contributed by atoms with Crippen molar-refractivity contribution >= 4 is 0 Å². The standard InChI is InChI=1S/C20H22N2/c1-15-13-19(17-10-6-5-9-16(17)2)22(4)20(14-15)18-11-7-8-12-21(18)3/h5-14H,1-4H3/q+2. The zero-order valence-corrected chi connectivity index (χ0v) is 13.7. The van der Waals surface area contributed by atoms with Crippen molar-refractivity contribution in [1.82, 2.24) is 0 Å². The van der Waals surface area contributed by atoms with Crippen LogP contribution in [0.4, 0.5) is 0 Å². The van der Waals surface area contributed by atoms with Crippen LogP contribution >= 0.6 is 0 Å². The summed E-state index contributed by atoms with van der Waals surface area (Å²) in [7, 11) is 4.23. The van der Waals surface area contributed by atoms with Gasteiger partial charge in [-0.05, 0) is 37.1 Å². The summed E-state index contributed by atoms with van der Waals surface area (Å²) in [5, 5.41) is 0. The van der Waals surface area contributed by atoms with Crippen LogP contribution in [-0.4, -0.2) is 0 Å². The van der Waals surface area contributed by atoms with Gasteiger partial charge in [0.2, 0.25) is 5.69 Å². The lowest BCUT2D eigenvalue weighted by Gasteiger charge is -2.08. The van der Waals surface area contributed by atoms with E-state index in [4.69, 9.17) is 0 Å². The summed E-state index contributed by atoms with van der Waals surface area (Å²) in [6.07, 6.45) is 2.09. The molecule has 0 amide bonds. The van der Waals surface area contributed by atoms with Gasteiger partial charge in [-0.2, -0.15) is 9.13 Å². The fourth-order valence-corrected chi connectivity index (χ4v) is 2.95. The first-order valence-corrected chi connectivity index (χ1v) is 7.59. The highest BCUT2D eigenvalue weighted by molar-refractivity contribution is 5.63. The van der Waals surface area contributed by atoms with Crippen molar-refractivity contribution in [3.05, 3.63) is 71.9 Å². The van der Waals surface area contributed by atoms with E-state index in [9.17, 15) is 0 Å². The van der Waals surface area contributed by atoms with Crippen molar-refractivity contribution in [1.29, 1.82) is 0 Å². The average Bonchev–Trinajstić information content (AvgIpc) is 2.51. The number of nitrogens with zero attached hydrogens (tertiary/aromatic N) is 2. The highest BCUT2D eigenvalue weighted by Crippen LogP contribution is 2.23. The van der Waals surface area contributed by atoms with Gasteiger partial charge in [0.25, 0.3) is 11.4 Å². The largest absolute Gasteiger partial charge is 0.277 e. The lowest BCUT2D eigenvalue weighted by Crippen LogP contribution is -2.40. The predicted octanol–water partition coefficient (Wildman–Crippen LogP) is 3.29. The Hall–Kier alpha value is -2.48. The molecule has 0 bridgehead atoms. The maximum absolute atomic E-state index is 2.28. The number of aryl methyl sites for hydroxylation is 3. The van der Waals surface area contributed by atoms with E-state index in [1.807, 2.05) is 0 Å². The molecular formula is C20H22N2+2. The van der Waals surface area contributed by atoms with Gasteiger partial charge >= 0.3 is 0 Å². The molecule has 0 saturated carbocycles. The molecule has 0 aliphatic heterocycles. The van der Waals surface area contributed by atoms with Crippen LogP contribution in [0.25, 0.3) is 22.6 Å². The number of benzene rings is 1. The minimum absolute atomic E-state index is 1.21. The van der Waals surface area contributed by atoms with Crippen LogP contribution in [-0.2, 0) is 14.1 Å². The molecule has 0 unspecified atom stereocenters. The van der Waals surface area contributed by atoms with Gasteiger partial charge in [-0.15, -0.1) is 0 Å². The first kappa shape index (κ1) is 14.5. The van der Waals surface area contributed by atoms with E-state index < -0.39 is 0 Å². The Morgan fingerprint density at radius 3 is 2.14 bits per heavy atom. The summed E-state index contributed by atoms with van der Waals surface area (Å²) in [6, 6.07) is 19.4. The van der Waals surface area contributed by atoms with Crippen molar-refractivity contribution in [2.24, 2.45) is 14.1 Å². The molecule has 22 heavy (non-hydrogen) atoms. The molecule has 0 atom stereocenters. The van der Waals surface area contributed by atoms with E-state index in [0.717, 1.165) is 0 Å². The molecule has 0 fully saturated rings. The third kappa shape index (κ3) is 2.52. The van der Waals surface area contributed by atoms with Crippen molar-refractivity contribution in [2.75, 3.05) is 0 Å². The van der Waals surface area contributed by atoms with Gasteiger partial charge in [0.05, 0.1) is 0 Å². The molecule has 0 N–H and O–H groups in total. The molecular weight excluding hydrogens is 268 g/mol. The Morgan fingerprint density at radius 2 is 1.41 bits per heavy atom. The molecule has 1 aromatic carbocycles. The third-order valence-corrected chi connectivity index (χ3v) is 4.19. The van der Waals surface area contributed by atoms with Gasteiger partial charge < -0.3 is 0 Å². The lowest BCUT2D eigenvalue weighted by atomic mass is 10.0. The summed E-state index contributed by atoms with van der Waals surface area (Å²) < 4.78 is 4.45. The number of pyridine rings is 2. The molecule has 110 valence electrons. The van der Waals surface area contributed by atoms with Crippen LogP contribution in [0.15, 0.2) is 60.8 Å². The zero-order chi connectivity index (χ0) is 15.7. The van der Waals surface area contributed by atoms with Gasteiger partial charge in [-0.25, -0.2) is 0 Å². The molecule has 0 radical (unpaired) electrons. The van der Waals surface area contributed by atoms with Crippen molar-refractivity contribution < 1.29 is 9.13 Å². The summed E-state index contributed by atoms with van der Waals surface area (Å²) in [6.45, 7) is 4.33. The fraction of sp³-hybridized carbons (Fsp3) is 0.200. The van der Waals surface area contributed by atoms with E-state index in [0.29, 0.717) is 0 Å². The first-order chi connectivity index (χ1) is 10.6. The van der Waals surface area contributed by atoms with Gasteiger partial charge in [-0.1, -0.05) is 18.2 Å². The van der Waals surface area contributed by atoms with Gasteiger partial charge in [0.1, 0.15) is 14.1 Å². The van der Waals surface area contributed by atoms with Crippen LogP contribution in [0, 0.1) is 13.8 Å². The lowest BCUT2D eigenvalue weighted by molar-refractivity contribution is -0.685. The molecule has 3 rings (SSSR count). The van der Waals surface area contributed by atoms with E-state index in [2.05, 4.69) is 97.9 Å². The second kappa shape index (κ2) is 5.72. The minimum Gasteiger partial charge on any atom is -0.196 e. The van der Waals surface area contributed by atoms with Gasteiger partial charge in [-0.3, -0.25) is 0 Å². The summed E-state index contributed by atoms with van der Waals surface area (Å²) >= 11 is 0. The third-order valence-electron chi connectivity index (χ3n) is 4.19. The SMILES string of the molecule is Cc1cc(-c2ccccc2C)[n+](C)c(-c2cccc[n+]2C)c1. The van der Waals surface area contributed by atoms with Crippen LogP contribution in [0.3, 0.4) is 0 Å². The van der Waals surface area contributed by atoms with Crippen molar-refractivity contribution in [3.63, 3.8) is 0 Å². The quantitative estimate of drug-likeness (QED) is 0.640. The van der Waals surface area contributed by atoms with Crippen LogP contribution in [0.5, 0.6) is 0 Å². The Labute approximate surface area is 132 Å². The monoisotopic (exact) mass is 290 g/mol. The molecule has 3 aromatic rings. The smallest absolute Gasteiger partial charge is 0.196 e. The Kier molecular flexibility index (Phi) is 3.76. The molecule has 2 aromatic heterocycles. The molecule has 0 spiro atoms. The van der Waals surface area contributed by atoms with E-state index >= 15 is 0 Å². The summed E-state index contributed by atoms with van der Waals surface area (Å²) in [4.78, 5) is 0. The normalized spacial score (nSPS) is 10.7. The Balaban J connectivity index is 2.28. The van der Waals surface area contributed by atoms with Crippen LogP contribution in [0.1, 0.15) is 11.1 Å².